The number of methoxy groups -OCH3 is 1. The van der Waals surface area contributed by atoms with E-state index in [1.807, 2.05) is 0 Å². The summed E-state index contributed by atoms with van der Waals surface area (Å²) >= 11 is 0. The molecule has 112 valence electrons. The maximum Gasteiger partial charge on any atom is 0.341 e. The van der Waals surface area contributed by atoms with E-state index in [0.29, 0.717) is 17.0 Å². The van der Waals surface area contributed by atoms with Gasteiger partial charge in [0, 0.05) is 11.5 Å². The fraction of sp³-hybridized carbons (Fsp3) is 0.0667. The maximum absolute atomic E-state index is 13.7. The number of aromatic nitrogens is 2. The fourth-order valence-corrected chi connectivity index (χ4v) is 2.00. The third-order valence-electron chi connectivity index (χ3n) is 3.06. The number of hydrogen-bond acceptors (Lipinski definition) is 4. The van der Waals surface area contributed by atoms with E-state index in [1.54, 1.807) is 0 Å². The summed E-state index contributed by atoms with van der Waals surface area (Å²) in [6.45, 7) is 0. The lowest BCUT2D eigenvalue weighted by Crippen LogP contribution is -2.04. The van der Waals surface area contributed by atoms with Crippen molar-refractivity contribution in [3.8, 4) is 11.5 Å². The van der Waals surface area contributed by atoms with Crippen LogP contribution in [0.4, 0.5) is 8.78 Å². The number of H-pyrrole nitrogens is 1. The number of benzene rings is 2. The van der Waals surface area contributed by atoms with Gasteiger partial charge >= 0.3 is 5.97 Å². The standard InChI is InChI=1S/C15H10F2N2O3/c1-21-15(20)10-6-12-8(7-18-19-12)4-14(10)22-13-3-2-9(16)5-11(13)17/h2-7H,1H3,(H,18,19). The molecule has 0 fully saturated rings. The van der Waals surface area contributed by atoms with E-state index >= 15 is 0 Å². The number of aromatic amines is 1. The highest BCUT2D eigenvalue weighted by Crippen LogP contribution is 2.31. The molecule has 0 spiro atoms. The molecule has 0 amide bonds. The smallest absolute Gasteiger partial charge is 0.341 e. The van der Waals surface area contributed by atoms with Gasteiger partial charge in [-0.3, -0.25) is 5.10 Å². The minimum Gasteiger partial charge on any atom is -0.465 e. The molecule has 0 bridgehead atoms. The van der Waals surface area contributed by atoms with Crippen LogP contribution in [0.1, 0.15) is 10.4 Å². The van der Waals surface area contributed by atoms with Crippen LogP contribution in [-0.4, -0.2) is 23.3 Å². The highest BCUT2D eigenvalue weighted by molar-refractivity contribution is 5.97. The SMILES string of the molecule is COC(=O)c1cc2[nH]ncc2cc1Oc1ccc(F)cc1F. The van der Waals surface area contributed by atoms with Gasteiger partial charge in [0.05, 0.1) is 18.8 Å². The number of esters is 1. The topological polar surface area (TPSA) is 64.2 Å². The predicted molar refractivity (Wildman–Crippen MR) is 73.9 cm³/mol. The van der Waals surface area contributed by atoms with E-state index in [4.69, 9.17) is 4.74 Å². The monoisotopic (exact) mass is 304 g/mol. The summed E-state index contributed by atoms with van der Waals surface area (Å²) in [6, 6.07) is 5.92. The molecule has 0 saturated heterocycles. The molecule has 0 radical (unpaired) electrons. The largest absolute Gasteiger partial charge is 0.465 e. The summed E-state index contributed by atoms with van der Waals surface area (Å²) in [5.74, 6) is -2.35. The molecule has 0 aliphatic carbocycles. The quantitative estimate of drug-likeness (QED) is 0.753. The van der Waals surface area contributed by atoms with Crippen molar-refractivity contribution in [1.29, 1.82) is 0 Å². The fourth-order valence-electron chi connectivity index (χ4n) is 2.00. The molecule has 5 nitrogen and oxygen atoms in total. The van der Waals surface area contributed by atoms with Crippen molar-refractivity contribution in [3.05, 3.63) is 53.7 Å². The number of nitrogens with zero attached hydrogens (tertiary/aromatic N) is 1. The van der Waals surface area contributed by atoms with Crippen LogP contribution in [0.5, 0.6) is 11.5 Å². The molecule has 3 aromatic rings. The lowest BCUT2D eigenvalue weighted by atomic mass is 10.1. The van der Waals surface area contributed by atoms with Crippen molar-refractivity contribution < 1.29 is 23.0 Å². The molecule has 1 heterocycles. The van der Waals surface area contributed by atoms with Gasteiger partial charge in [0.25, 0.3) is 0 Å². The molecule has 3 rings (SSSR count). The van der Waals surface area contributed by atoms with Gasteiger partial charge in [-0.15, -0.1) is 0 Å². The Labute approximate surface area is 123 Å². The molecule has 0 aliphatic heterocycles. The van der Waals surface area contributed by atoms with E-state index in [9.17, 15) is 13.6 Å². The van der Waals surface area contributed by atoms with Crippen LogP contribution in [0.3, 0.4) is 0 Å². The summed E-state index contributed by atoms with van der Waals surface area (Å²) in [5.41, 5.74) is 0.704. The highest BCUT2D eigenvalue weighted by atomic mass is 19.1. The lowest BCUT2D eigenvalue weighted by Gasteiger charge is -2.11. The van der Waals surface area contributed by atoms with Gasteiger partial charge in [-0.05, 0) is 24.3 Å². The molecule has 0 unspecified atom stereocenters. The van der Waals surface area contributed by atoms with Crippen molar-refractivity contribution in [3.63, 3.8) is 0 Å². The number of ether oxygens (including phenoxy) is 2. The molecule has 0 saturated carbocycles. The van der Waals surface area contributed by atoms with Gasteiger partial charge in [0.2, 0.25) is 0 Å². The number of carbonyl (C=O) groups excluding carboxylic acids is 1. The highest BCUT2D eigenvalue weighted by Gasteiger charge is 2.17. The van der Waals surface area contributed by atoms with Crippen LogP contribution >= 0.6 is 0 Å². The van der Waals surface area contributed by atoms with Crippen molar-refractivity contribution >= 4 is 16.9 Å². The van der Waals surface area contributed by atoms with Gasteiger partial charge in [-0.2, -0.15) is 5.10 Å². The third kappa shape index (κ3) is 2.48. The number of hydrogen-bond donors (Lipinski definition) is 1. The van der Waals surface area contributed by atoms with Gasteiger partial charge in [-0.25, -0.2) is 13.6 Å². The Bertz CT molecular complexity index is 861. The Kier molecular flexibility index (Phi) is 3.46. The van der Waals surface area contributed by atoms with Crippen molar-refractivity contribution in [2.75, 3.05) is 7.11 Å². The first kappa shape index (κ1) is 14.0. The van der Waals surface area contributed by atoms with Gasteiger partial charge in [0.1, 0.15) is 17.1 Å². The molecule has 0 atom stereocenters. The van der Waals surface area contributed by atoms with Crippen molar-refractivity contribution in [2.24, 2.45) is 0 Å². The van der Waals surface area contributed by atoms with E-state index in [2.05, 4.69) is 14.9 Å². The summed E-state index contributed by atoms with van der Waals surface area (Å²) in [6.07, 6.45) is 1.53. The minimum atomic E-state index is -0.872. The Morgan fingerprint density at radius 1 is 1.18 bits per heavy atom. The third-order valence-corrected chi connectivity index (χ3v) is 3.06. The molecule has 2 aromatic carbocycles. The van der Waals surface area contributed by atoms with Crippen LogP contribution in [0.2, 0.25) is 0 Å². The molecular formula is C15H10F2N2O3. The molecule has 22 heavy (non-hydrogen) atoms. The lowest BCUT2D eigenvalue weighted by molar-refractivity contribution is 0.0598. The summed E-state index contributed by atoms with van der Waals surface area (Å²) in [7, 11) is 1.22. The summed E-state index contributed by atoms with van der Waals surface area (Å²) in [5, 5.41) is 7.23. The summed E-state index contributed by atoms with van der Waals surface area (Å²) < 4.78 is 36.7. The Balaban J connectivity index is 2.09. The Morgan fingerprint density at radius 2 is 2.00 bits per heavy atom. The van der Waals surface area contributed by atoms with Gasteiger partial charge in [0.15, 0.2) is 11.6 Å². The minimum absolute atomic E-state index is 0.0891. The van der Waals surface area contributed by atoms with E-state index in [-0.39, 0.29) is 17.1 Å². The molecule has 0 aliphatic rings. The van der Waals surface area contributed by atoms with E-state index < -0.39 is 17.6 Å². The first-order valence-electron chi connectivity index (χ1n) is 6.27. The molecule has 7 heteroatoms. The van der Waals surface area contributed by atoms with Crippen LogP contribution in [0.25, 0.3) is 10.9 Å². The zero-order valence-electron chi connectivity index (χ0n) is 11.4. The zero-order valence-corrected chi connectivity index (χ0v) is 11.4. The van der Waals surface area contributed by atoms with Crippen LogP contribution in [0, 0.1) is 11.6 Å². The van der Waals surface area contributed by atoms with Crippen LogP contribution in [-0.2, 0) is 4.74 Å². The molecular weight excluding hydrogens is 294 g/mol. The zero-order chi connectivity index (χ0) is 15.7. The van der Waals surface area contributed by atoms with E-state index in [0.717, 1.165) is 12.1 Å². The number of fused-ring (bicyclic) bond motifs is 1. The molecule has 1 N–H and O–H groups in total. The van der Waals surface area contributed by atoms with Gasteiger partial charge in [-0.1, -0.05) is 0 Å². The van der Waals surface area contributed by atoms with Gasteiger partial charge < -0.3 is 9.47 Å². The number of nitrogens with one attached hydrogen (secondary N) is 1. The summed E-state index contributed by atoms with van der Waals surface area (Å²) in [4.78, 5) is 11.8. The van der Waals surface area contributed by atoms with Crippen LogP contribution in [0.15, 0.2) is 36.5 Å². The first-order valence-corrected chi connectivity index (χ1v) is 6.27. The van der Waals surface area contributed by atoms with Crippen molar-refractivity contribution in [1.82, 2.24) is 10.2 Å². The predicted octanol–water partition coefficient (Wildman–Crippen LogP) is 3.42. The maximum atomic E-state index is 13.7. The normalized spacial score (nSPS) is 10.7. The number of carbonyl (C=O) groups is 1. The second-order valence-electron chi connectivity index (χ2n) is 4.47. The Hall–Kier alpha value is -2.96. The Morgan fingerprint density at radius 3 is 2.73 bits per heavy atom. The number of rotatable bonds is 3. The second kappa shape index (κ2) is 5.44. The second-order valence-corrected chi connectivity index (χ2v) is 4.47. The first-order chi connectivity index (χ1) is 10.6. The average Bonchev–Trinajstić information content (AvgIpc) is 2.95. The number of halogens is 2. The van der Waals surface area contributed by atoms with Crippen molar-refractivity contribution in [2.45, 2.75) is 0 Å². The molecule has 1 aromatic heterocycles. The average molecular weight is 304 g/mol. The van der Waals surface area contributed by atoms with E-state index in [1.165, 1.54) is 25.4 Å². The van der Waals surface area contributed by atoms with Crippen LogP contribution < -0.4 is 4.74 Å².